The number of nitrogens with two attached hydrogens (primary N) is 1. The molecular formula is C7H7F3N2. The van der Waals surface area contributed by atoms with Gasteiger partial charge in [-0.15, -0.1) is 0 Å². The maximum absolute atomic E-state index is 12.7. The molecule has 0 radical (unpaired) electrons. The standard InChI is InChI=1S/C7H7F3N2/c1-3(11)6-4(8)2-5(9)7(10)12-6/h2-3H,11H2,1H3/t3-/m1/s1. The summed E-state index contributed by atoms with van der Waals surface area (Å²) in [6, 6.07) is -0.318. The van der Waals surface area contributed by atoms with Crippen LogP contribution in [0.2, 0.25) is 0 Å². The first-order valence-electron chi connectivity index (χ1n) is 3.29. The second kappa shape index (κ2) is 3.10. The minimum Gasteiger partial charge on any atom is -0.323 e. The molecule has 1 aromatic heterocycles. The van der Waals surface area contributed by atoms with Crippen molar-refractivity contribution in [3.05, 3.63) is 29.3 Å². The Bertz CT molecular complexity index is 299. The first-order chi connectivity index (χ1) is 5.52. The van der Waals surface area contributed by atoms with Crippen LogP contribution in [-0.4, -0.2) is 4.98 Å². The fourth-order valence-electron chi connectivity index (χ4n) is 0.777. The predicted octanol–water partition coefficient (Wildman–Crippen LogP) is 1.52. The van der Waals surface area contributed by atoms with Gasteiger partial charge in [0.25, 0.3) is 0 Å². The molecule has 1 rings (SSSR count). The lowest BCUT2D eigenvalue weighted by Gasteiger charge is -2.05. The Kier molecular flexibility index (Phi) is 2.32. The molecule has 0 aliphatic heterocycles. The Balaban J connectivity index is 3.23. The van der Waals surface area contributed by atoms with Crippen LogP contribution in [0.1, 0.15) is 18.7 Å². The molecule has 2 N–H and O–H groups in total. The quantitative estimate of drug-likeness (QED) is 0.659. The molecule has 1 aromatic rings. The lowest BCUT2D eigenvalue weighted by molar-refractivity contribution is 0.450. The SMILES string of the molecule is C[C@@H](N)c1nc(F)c(F)cc1F. The highest BCUT2D eigenvalue weighted by Crippen LogP contribution is 2.14. The second-order valence-corrected chi connectivity index (χ2v) is 2.42. The molecule has 0 aromatic carbocycles. The van der Waals surface area contributed by atoms with Gasteiger partial charge in [0, 0.05) is 12.1 Å². The maximum Gasteiger partial charge on any atom is 0.249 e. The number of hydrogen-bond donors (Lipinski definition) is 1. The molecular weight excluding hydrogens is 169 g/mol. The smallest absolute Gasteiger partial charge is 0.249 e. The van der Waals surface area contributed by atoms with Gasteiger partial charge in [-0.3, -0.25) is 0 Å². The van der Waals surface area contributed by atoms with E-state index in [2.05, 4.69) is 4.98 Å². The zero-order chi connectivity index (χ0) is 9.30. The zero-order valence-corrected chi connectivity index (χ0v) is 6.31. The van der Waals surface area contributed by atoms with E-state index < -0.39 is 23.6 Å². The molecule has 5 heteroatoms. The maximum atomic E-state index is 12.7. The fourth-order valence-corrected chi connectivity index (χ4v) is 0.777. The predicted molar refractivity (Wildman–Crippen MR) is 36.7 cm³/mol. The van der Waals surface area contributed by atoms with Gasteiger partial charge in [0.2, 0.25) is 5.95 Å². The molecule has 1 atom stereocenters. The second-order valence-electron chi connectivity index (χ2n) is 2.42. The summed E-state index contributed by atoms with van der Waals surface area (Å²) >= 11 is 0. The summed E-state index contributed by atoms with van der Waals surface area (Å²) in [5.74, 6) is -3.57. The van der Waals surface area contributed by atoms with E-state index in [1.165, 1.54) is 6.92 Å². The summed E-state index contributed by atoms with van der Waals surface area (Å²) in [5.41, 5.74) is 4.97. The summed E-state index contributed by atoms with van der Waals surface area (Å²) in [6.07, 6.45) is 0. The molecule has 66 valence electrons. The Labute approximate surface area is 67.2 Å². The third-order valence-electron chi connectivity index (χ3n) is 1.35. The van der Waals surface area contributed by atoms with Crippen molar-refractivity contribution in [1.29, 1.82) is 0 Å². The van der Waals surface area contributed by atoms with E-state index in [9.17, 15) is 13.2 Å². The third-order valence-corrected chi connectivity index (χ3v) is 1.35. The molecule has 0 saturated carbocycles. The zero-order valence-electron chi connectivity index (χ0n) is 6.31. The average molecular weight is 176 g/mol. The summed E-state index contributed by atoms with van der Waals surface area (Å²) in [4.78, 5) is 3.03. The number of pyridine rings is 1. The van der Waals surface area contributed by atoms with Crippen molar-refractivity contribution in [2.24, 2.45) is 5.73 Å². The van der Waals surface area contributed by atoms with Gasteiger partial charge in [-0.1, -0.05) is 0 Å². The van der Waals surface area contributed by atoms with Gasteiger partial charge in [-0.2, -0.15) is 4.39 Å². The Morgan fingerprint density at radius 3 is 2.42 bits per heavy atom. The van der Waals surface area contributed by atoms with Crippen LogP contribution in [-0.2, 0) is 0 Å². The van der Waals surface area contributed by atoms with E-state index in [4.69, 9.17) is 5.73 Å². The van der Waals surface area contributed by atoms with Crippen LogP contribution >= 0.6 is 0 Å². The first kappa shape index (κ1) is 8.99. The molecule has 0 aliphatic rings. The van der Waals surface area contributed by atoms with Crippen molar-refractivity contribution in [2.45, 2.75) is 13.0 Å². The molecule has 1 heterocycles. The first-order valence-corrected chi connectivity index (χ1v) is 3.29. The average Bonchev–Trinajstić information content (AvgIpc) is 1.96. The Morgan fingerprint density at radius 1 is 1.33 bits per heavy atom. The number of hydrogen-bond acceptors (Lipinski definition) is 2. The molecule has 0 aliphatic carbocycles. The van der Waals surface area contributed by atoms with Crippen molar-refractivity contribution < 1.29 is 13.2 Å². The minimum atomic E-state index is -1.33. The number of rotatable bonds is 1. The summed E-state index contributed by atoms with van der Waals surface area (Å²) in [6.45, 7) is 1.43. The molecule has 0 saturated heterocycles. The highest BCUT2D eigenvalue weighted by molar-refractivity contribution is 5.12. The topological polar surface area (TPSA) is 38.9 Å². The van der Waals surface area contributed by atoms with Crippen LogP contribution in [0.25, 0.3) is 0 Å². The normalized spacial score (nSPS) is 13.1. The molecule has 2 nitrogen and oxygen atoms in total. The lowest BCUT2D eigenvalue weighted by Crippen LogP contribution is -2.11. The number of nitrogens with zero attached hydrogens (tertiary/aromatic N) is 1. The Morgan fingerprint density at radius 2 is 1.92 bits per heavy atom. The monoisotopic (exact) mass is 176 g/mol. The Hall–Kier alpha value is -1.10. The minimum absolute atomic E-state index is 0.270. The van der Waals surface area contributed by atoms with Crippen molar-refractivity contribution >= 4 is 0 Å². The molecule has 0 amide bonds. The van der Waals surface area contributed by atoms with E-state index in [-0.39, 0.29) is 5.69 Å². The highest BCUT2D eigenvalue weighted by Gasteiger charge is 2.13. The van der Waals surface area contributed by atoms with Gasteiger partial charge < -0.3 is 5.73 Å². The van der Waals surface area contributed by atoms with Gasteiger partial charge in [0.05, 0.1) is 5.69 Å². The molecule has 12 heavy (non-hydrogen) atoms. The summed E-state index contributed by atoms with van der Waals surface area (Å²) in [7, 11) is 0. The van der Waals surface area contributed by atoms with Crippen molar-refractivity contribution in [3.8, 4) is 0 Å². The highest BCUT2D eigenvalue weighted by atomic mass is 19.2. The van der Waals surface area contributed by atoms with Crippen molar-refractivity contribution in [3.63, 3.8) is 0 Å². The van der Waals surface area contributed by atoms with Gasteiger partial charge in [0.1, 0.15) is 5.82 Å². The van der Waals surface area contributed by atoms with E-state index in [1.54, 1.807) is 0 Å². The van der Waals surface area contributed by atoms with Crippen LogP contribution in [0.5, 0.6) is 0 Å². The number of aromatic nitrogens is 1. The lowest BCUT2D eigenvalue weighted by atomic mass is 10.2. The molecule has 0 spiro atoms. The van der Waals surface area contributed by atoms with E-state index in [0.29, 0.717) is 6.07 Å². The van der Waals surface area contributed by atoms with Gasteiger partial charge in [-0.05, 0) is 6.92 Å². The van der Waals surface area contributed by atoms with Gasteiger partial charge >= 0.3 is 0 Å². The largest absolute Gasteiger partial charge is 0.323 e. The van der Waals surface area contributed by atoms with E-state index in [1.807, 2.05) is 0 Å². The molecule has 0 fully saturated rings. The van der Waals surface area contributed by atoms with Crippen LogP contribution in [0.4, 0.5) is 13.2 Å². The van der Waals surface area contributed by atoms with Gasteiger partial charge in [-0.25, -0.2) is 13.8 Å². The molecule has 0 unspecified atom stereocenters. The number of halogens is 3. The van der Waals surface area contributed by atoms with Crippen LogP contribution in [0.3, 0.4) is 0 Å². The van der Waals surface area contributed by atoms with Crippen molar-refractivity contribution in [1.82, 2.24) is 4.98 Å². The van der Waals surface area contributed by atoms with Crippen molar-refractivity contribution in [2.75, 3.05) is 0 Å². The fraction of sp³-hybridized carbons (Fsp3) is 0.286. The third kappa shape index (κ3) is 1.55. The van der Waals surface area contributed by atoms with Gasteiger partial charge in [0.15, 0.2) is 5.82 Å². The van der Waals surface area contributed by atoms with E-state index in [0.717, 1.165) is 0 Å². The van der Waals surface area contributed by atoms with Crippen LogP contribution in [0.15, 0.2) is 6.07 Å². The summed E-state index contributed by atoms with van der Waals surface area (Å²) in [5, 5.41) is 0. The van der Waals surface area contributed by atoms with Crippen LogP contribution < -0.4 is 5.73 Å². The van der Waals surface area contributed by atoms with Crippen LogP contribution in [0, 0.1) is 17.6 Å². The summed E-state index contributed by atoms with van der Waals surface area (Å²) < 4.78 is 37.4. The van der Waals surface area contributed by atoms with E-state index >= 15 is 0 Å². The molecule has 0 bridgehead atoms.